The molecular formula is C23H35N5O9. The fourth-order valence-electron chi connectivity index (χ4n) is 3.24. The smallest absolute Gasteiger partial charge is 0.326 e. The van der Waals surface area contributed by atoms with Gasteiger partial charge in [-0.2, -0.15) is 0 Å². The molecule has 0 bridgehead atoms. The third kappa shape index (κ3) is 11.2. The first-order valence-electron chi connectivity index (χ1n) is 11.6. The quantitative estimate of drug-likeness (QED) is 0.104. The van der Waals surface area contributed by atoms with Crippen LogP contribution in [0.25, 0.3) is 0 Å². The monoisotopic (exact) mass is 525 g/mol. The summed E-state index contributed by atoms with van der Waals surface area (Å²) in [6, 6.07) is 0.203. The number of carboxylic acid groups (broad SMARTS) is 2. The van der Waals surface area contributed by atoms with Crippen LogP contribution in [0.3, 0.4) is 0 Å². The highest BCUT2D eigenvalue weighted by atomic mass is 16.4. The summed E-state index contributed by atoms with van der Waals surface area (Å²) in [4.78, 5) is 60.8. The standard InChI is InChI=1S/C23H35N5O9/c1-12(29)19(25)22(35)27-16(10-13-5-7-14(30)8-6-13)21(34)26-15(4-2-3-9-24)20(33)28-17(23(36)37)11-18(31)32/h5-8,12,15-17,19,29-30H,2-4,9-11,24-25H2,1H3,(H,26,34)(H,27,35)(H,28,33)(H,31,32)(H,36,37). The second-order valence-corrected chi connectivity index (χ2v) is 8.54. The van der Waals surface area contributed by atoms with Crippen molar-refractivity contribution >= 4 is 29.7 Å². The Balaban J connectivity index is 3.15. The molecular weight excluding hydrogens is 490 g/mol. The largest absolute Gasteiger partial charge is 0.508 e. The van der Waals surface area contributed by atoms with Crippen molar-refractivity contribution in [3.63, 3.8) is 0 Å². The van der Waals surface area contributed by atoms with Crippen LogP contribution in [-0.2, 0) is 30.4 Å². The first-order valence-corrected chi connectivity index (χ1v) is 11.6. The fourth-order valence-corrected chi connectivity index (χ4v) is 3.24. The molecule has 0 saturated heterocycles. The van der Waals surface area contributed by atoms with Crippen LogP contribution in [0.2, 0.25) is 0 Å². The number of amides is 3. The summed E-state index contributed by atoms with van der Waals surface area (Å²) in [5, 5.41) is 44.3. The number of nitrogens with one attached hydrogen (secondary N) is 3. The molecule has 1 aromatic rings. The molecule has 14 nitrogen and oxygen atoms in total. The third-order valence-corrected chi connectivity index (χ3v) is 5.40. The number of phenols is 1. The second-order valence-electron chi connectivity index (χ2n) is 8.54. The molecule has 0 saturated carbocycles. The van der Waals surface area contributed by atoms with Crippen molar-refractivity contribution < 1.29 is 44.4 Å². The van der Waals surface area contributed by atoms with Gasteiger partial charge in [0.05, 0.1) is 12.5 Å². The van der Waals surface area contributed by atoms with Gasteiger partial charge in [0.25, 0.3) is 0 Å². The molecule has 0 spiro atoms. The summed E-state index contributed by atoms with van der Waals surface area (Å²) < 4.78 is 0. The van der Waals surface area contributed by atoms with Gasteiger partial charge in [-0.25, -0.2) is 4.79 Å². The molecule has 0 aliphatic carbocycles. The zero-order chi connectivity index (χ0) is 28.1. The highest BCUT2D eigenvalue weighted by molar-refractivity contribution is 5.94. The number of carbonyl (C=O) groups excluding carboxylic acids is 3. The third-order valence-electron chi connectivity index (χ3n) is 5.40. The van der Waals surface area contributed by atoms with Gasteiger partial charge in [0, 0.05) is 6.42 Å². The van der Waals surface area contributed by atoms with Gasteiger partial charge in [-0.1, -0.05) is 12.1 Å². The second kappa shape index (κ2) is 15.4. The lowest BCUT2D eigenvalue weighted by Crippen LogP contribution is -2.58. The number of aliphatic hydroxyl groups excluding tert-OH is 1. The van der Waals surface area contributed by atoms with E-state index in [9.17, 15) is 39.3 Å². The molecule has 3 amide bonds. The van der Waals surface area contributed by atoms with Gasteiger partial charge < -0.3 is 47.8 Å². The summed E-state index contributed by atoms with van der Waals surface area (Å²) in [5.74, 6) is -5.58. The molecule has 0 aliphatic heterocycles. The maximum Gasteiger partial charge on any atom is 0.326 e. The molecule has 11 N–H and O–H groups in total. The zero-order valence-corrected chi connectivity index (χ0v) is 20.4. The van der Waals surface area contributed by atoms with Crippen LogP contribution in [0.1, 0.15) is 38.2 Å². The zero-order valence-electron chi connectivity index (χ0n) is 20.4. The van der Waals surface area contributed by atoms with E-state index in [4.69, 9.17) is 16.6 Å². The van der Waals surface area contributed by atoms with Crippen molar-refractivity contribution in [2.24, 2.45) is 11.5 Å². The van der Waals surface area contributed by atoms with Gasteiger partial charge in [0.2, 0.25) is 17.7 Å². The predicted molar refractivity (Wildman–Crippen MR) is 130 cm³/mol. The van der Waals surface area contributed by atoms with Crippen LogP contribution in [-0.4, -0.2) is 86.9 Å². The molecule has 0 heterocycles. The molecule has 5 unspecified atom stereocenters. The van der Waals surface area contributed by atoms with Gasteiger partial charge in [0.1, 0.15) is 29.9 Å². The Labute approximate surface area is 213 Å². The normalized spacial score (nSPS) is 14.9. The lowest BCUT2D eigenvalue weighted by atomic mass is 10.0. The number of aliphatic carboxylic acids is 2. The number of nitrogens with two attached hydrogens (primary N) is 2. The van der Waals surface area contributed by atoms with Crippen molar-refractivity contribution in [2.75, 3.05) is 6.54 Å². The highest BCUT2D eigenvalue weighted by Crippen LogP contribution is 2.12. The number of aromatic hydroxyl groups is 1. The number of hydrogen-bond donors (Lipinski definition) is 9. The minimum absolute atomic E-state index is 0.0177. The van der Waals surface area contributed by atoms with Gasteiger partial charge in [0.15, 0.2) is 0 Å². The Bertz CT molecular complexity index is 939. The Morgan fingerprint density at radius 1 is 0.865 bits per heavy atom. The van der Waals surface area contributed by atoms with Gasteiger partial charge >= 0.3 is 11.9 Å². The van der Waals surface area contributed by atoms with Gasteiger partial charge in [-0.3, -0.25) is 19.2 Å². The summed E-state index contributed by atoms with van der Waals surface area (Å²) >= 11 is 0. The average molecular weight is 526 g/mol. The number of carbonyl (C=O) groups is 5. The first-order chi connectivity index (χ1) is 17.3. The molecule has 1 rings (SSSR count). The Hall–Kier alpha value is -3.75. The summed E-state index contributed by atoms with van der Waals surface area (Å²) in [6.45, 7) is 1.60. The number of unbranched alkanes of at least 4 members (excludes halogenated alkanes) is 1. The summed E-state index contributed by atoms with van der Waals surface area (Å²) in [6.07, 6.45) is -1.23. The van der Waals surface area contributed by atoms with Gasteiger partial charge in [-0.15, -0.1) is 0 Å². The predicted octanol–water partition coefficient (Wildman–Crippen LogP) is -2.21. The van der Waals surface area contributed by atoms with Crippen molar-refractivity contribution in [3.05, 3.63) is 29.8 Å². The number of hydrogen-bond acceptors (Lipinski definition) is 9. The number of phenolic OH excluding ortho intramolecular Hbond substituents is 1. The van der Waals surface area contributed by atoms with E-state index in [0.717, 1.165) is 0 Å². The highest BCUT2D eigenvalue weighted by Gasteiger charge is 2.31. The van der Waals surface area contributed by atoms with Crippen LogP contribution < -0.4 is 27.4 Å². The number of carboxylic acids is 2. The molecule has 0 fully saturated rings. The van der Waals surface area contributed by atoms with E-state index >= 15 is 0 Å². The van der Waals surface area contributed by atoms with E-state index < -0.39 is 66.4 Å². The average Bonchev–Trinajstić information content (AvgIpc) is 2.82. The Kier molecular flexibility index (Phi) is 13.0. The SMILES string of the molecule is CC(O)C(N)C(=O)NC(Cc1ccc(O)cc1)C(=O)NC(CCCCN)C(=O)NC(CC(=O)O)C(=O)O. The molecule has 0 radical (unpaired) electrons. The van der Waals surface area contributed by atoms with Crippen LogP contribution in [0, 0.1) is 0 Å². The van der Waals surface area contributed by atoms with Gasteiger partial charge in [-0.05, 0) is 50.4 Å². The summed E-state index contributed by atoms with van der Waals surface area (Å²) in [7, 11) is 0. The van der Waals surface area contributed by atoms with Crippen molar-refractivity contribution in [3.8, 4) is 5.75 Å². The van der Waals surface area contributed by atoms with E-state index in [2.05, 4.69) is 16.0 Å². The van der Waals surface area contributed by atoms with E-state index in [1.54, 1.807) is 0 Å². The Morgan fingerprint density at radius 3 is 1.92 bits per heavy atom. The van der Waals surface area contributed by atoms with E-state index in [-0.39, 0.29) is 18.6 Å². The molecule has 206 valence electrons. The maximum absolute atomic E-state index is 13.2. The topological polar surface area (TPSA) is 254 Å². The summed E-state index contributed by atoms with van der Waals surface area (Å²) in [5.41, 5.74) is 11.7. The molecule has 14 heteroatoms. The Morgan fingerprint density at radius 2 is 1.41 bits per heavy atom. The number of aliphatic hydroxyl groups is 1. The number of rotatable bonds is 16. The molecule has 0 aliphatic rings. The molecule has 0 aromatic heterocycles. The molecule has 37 heavy (non-hydrogen) atoms. The van der Waals surface area contributed by atoms with E-state index in [1.807, 2.05) is 0 Å². The molecule has 5 atom stereocenters. The number of benzene rings is 1. The van der Waals surface area contributed by atoms with Crippen LogP contribution in [0.4, 0.5) is 0 Å². The maximum atomic E-state index is 13.2. The molecule has 1 aromatic carbocycles. The van der Waals surface area contributed by atoms with Crippen LogP contribution in [0.5, 0.6) is 5.75 Å². The van der Waals surface area contributed by atoms with E-state index in [0.29, 0.717) is 24.9 Å². The minimum Gasteiger partial charge on any atom is -0.508 e. The minimum atomic E-state index is -1.73. The first kappa shape index (κ1) is 31.3. The van der Waals surface area contributed by atoms with Crippen molar-refractivity contribution in [2.45, 2.75) is 69.3 Å². The van der Waals surface area contributed by atoms with Crippen molar-refractivity contribution in [1.82, 2.24) is 16.0 Å². The van der Waals surface area contributed by atoms with E-state index in [1.165, 1.54) is 31.2 Å². The van der Waals surface area contributed by atoms with Crippen molar-refractivity contribution in [1.29, 1.82) is 0 Å². The van der Waals surface area contributed by atoms with Crippen LogP contribution >= 0.6 is 0 Å². The lowest BCUT2D eigenvalue weighted by molar-refractivity contribution is -0.147. The fraction of sp³-hybridized carbons (Fsp3) is 0.522. The lowest BCUT2D eigenvalue weighted by Gasteiger charge is -2.25. The van der Waals surface area contributed by atoms with Crippen LogP contribution in [0.15, 0.2) is 24.3 Å².